The van der Waals surface area contributed by atoms with Crippen LogP contribution in [-0.4, -0.2) is 31.4 Å². The second kappa shape index (κ2) is 26.7. The van der Waals surface area contributed by atoms with Gasteiger partial charge in [-0.05, 0) is 38.5 Å². The molecule has 0 heterocycles. The summed E-state index contributed by atoms with van der Waals surface area (Å²) in [6, 6.07) is 1.55. The topological polar surface area (TPSA) is 27.7 Å². The van der Waals surface area contributed by atoms with E-state index in [1.807, 2.05) is 6.92 Å². The Bertz CT molecular complexity index is 1590. The molecule has 336 valence electrons. The molecule has 14 heteroatoms. The van der Waals surface area contributed by atoms with Gasteiger partial charge in [-0.1, -0.05) is 111 Å². The van der Waals surface area contributed by atoms with Gasteiger partial charge in [-0.2, -0.15) is 0 Å². The quantitative estimate of drug-likeness (QED) is 0.0212. The molecule has 1 unspecified atom stereocenters. The van der Waals surface area contributed by atoms with Gasteiger partial charge in [0.2, 0.25) is 0 Å². The van der Waals surface area contributed by atoms with Crippen LogP contribution in [0.25, 0.3) is 0 Å². The van der Waals surface area contributed by atoms with Crippen molar-refractivity contribution in [2.24, 2.45) is 0 Å². The summed E-state index contributed by atoms with van der Waals surface area (Å²) in [5.41, 5.74) is -0.316. The molecule has 0 bridgehead atoms. The maximum absolute atomic E-state index is 16.7. The molecule has 0 aliphatic rings. The number of quaternary nitrogens is 1. The van der Waals surface area contributed by atoms with E-state index in [0.29, 0.717) is 67.3 Å². The van der Waals surface area contributed by atoms with Crippen LogP contribution in [0.2, 0.25) is 0 Å². The second-order valence-corrected chi connectivity index (χ2v) is 15.9. The van der Waals surface area contributed by atoms with Crippen LogP contribution < -0.4 is 14.0 Å². The normalized spacial score (nSPS) is 12.2. The van der Waals surface area contributed by atoms with Gasteiger partial charge in [0, 0.05) is 36.8 Å². The molecule has 0 saturated carbocycles. The van der Waals surface area contributed by atoms with Gasteiger partial charge < -0.3 is 18.4 Å². The Morgan fingerprint density at radius 3 is 1.13 bits per heavy atom. The van der Waals surface area contributed by atoms with Crippen molar-refractivity contribution in [1.29, 1.82) is 0 Å². The molecule has 0 fully saturated rings. The van der Waals surface area contributed by atoms with Gasteiger partial charge in [0.15, 0.2) is 52.4 Å². The molecule has 3 rings (SSSR count). The van der Waals surface area contributed by atoms with Crippen molar-refractivity contribution in [3.8, 4) is 17.2 Å². The van der Waals surface area contributed by atoms with Crippen LogP contribution in [-0.2, 0) is 0 Å². The Hall–Kier alpha value is -3.55. The minimum absolute atomic E-state index is 0.316. The van der Waals surface area contributed by atoms with Gasteiger partial charge in [0.05, 0.1) is 25.2 Å². The van der Waals surface area contributed by atoms with E-state index in [4.69, 9.17) is 14.0 Å². The lowest BCUT2D eigenvalue weighted by Gasteiger charge is -2.46. The summed E-state index contributed by atoms with van der Waals surface area (Å²) in [5, 5.41) is 0. The summed E-state index contributed by atoms with van der Waals surface area (Å²) in [6.07, 6.45) is 18.8. The highest BCUT2D eigenvalue weighted by atomic mass is 19.2. The molecule has 0 spiro atoms. The standard InChI is InChI=1S/C46H64BF9NO3/c1-5-9-12-15-18-21-25-57(26-22-19-16-13-10-6-2,27-23-20-17-14-11-7-3)40(24-8-4)42-41(32-39(52)45(55)46(42)56)60-47(58-33-28-35(48)43(53)36(49)29-33)59-34-30-37(50)44(54)38(51)31-34/h28-32,40H,5-27H2,1-4H3/q+1. The molecular weight excluding hydrogens is 796 g/mol. The molecule has 3 aromatic carbocycles. The van der Waals surface area contributed by atoms with Crippen LogP contribution in [0, 0.1) is 52.4 Å². The maximum atomic E-state index is 16.7. The van der Waals surface area contributed by atoms with Gasteiger partial charge in [-0.15, -0.1) is 0 Å². The van der Waals surface area contributed by atoms with Crippen LogP contribution in [0.4, 0.5) is 39.5 Å². The summed E-state index contributed by atoms with van der Waals surface area (Å²) in [7, 11) is -2.33. The molecule has 3 aromatic rings. The molecule has 0 radical (unpaired) electrons. The summed E-state index contributed by atoms with van der Waals surface area (Å²) in [6.45, 7) is 10.2. The predicted molar refractivity (Wildman–Crippen MR) is 219 cm³/mol. The molecule has 60 heavy (non-hydrogen) atoms. The maximum Gasteiger partial charge on any atom is 0.864 e. The first-order chi connectivity index (χ1) is 28.8. The highest BCUT2D eigenvalue weighted by Crippen LogP contribution is 2.43. The van der Waals surface area contributed by atoms with Gasteiger partial charge in [0.25, 0.3) is 0 Å². The van der Waals surface area contributed by atoms with Crippen molar-refractivity contribution in [2.45, 2.75) is 162 Å². The van der Waals surface area contributed by atoms with Crippen LogP contribution in [0.15, 0.2) is 30.3 Å². The van der Waals surface area contributed by atoms with Crippen molar-refractivity contribution >= 4 is 7.32 Å². The van der Waals surface area contributed by atoms with Crippen LogP contribution in [0.5, 0.6) is 17.2 Å². The van der Waals surface area contributed by atoms with E-state index in [2.05, 4.69) is 20.8 Å². The van der Waals surface area contributed by atoms with Crippen molar-refractivity contribution < 1.29 is 58.0 Å². The van der Waals surface area contributed by atoms with E-state index in [1.165, 1.54) is 0 Å². The van der Waals surface area contributed by atoms with E-state index < -0.39 is 83.0 Å². The average molecular weight is 861 g/mol. The highest BCUT2D eigenvalue weighted by molar-refractivity contribution is 6.39. The van der Waals surface area contributed by atoms with E-state index in [0.717, 1.165) is 116 Å². The number of unbranched alkanes of at least 4 members (excludes halogenated alkanes) is 15. The second-order valence-electron chi connectivity index (χ2n) is 15.9. The molecule has 4 nitrogen and oxygen atoms in total. The first-order valence-corrected chi connectivity index (χ1v) is 22.1. The Labute approximate surface area is 351 Å². The smallest absolute Gasteiger partial charge is 0.489 e. The minimum atomic E-state index is -2.33. The monoisotopic (exact) mass is 860 g/mol. The lowest BCUT2D eigenvalue weighted by atomic mass is 9.92. The van der Waals surface area contributed by atoms with E-state index in [9.17, 15) is 26.3 Å². The zero-order valence-corrected chi connectivity index (χ0v) is 35.9. The van der Waals surface area contributed by atoms with Crippen LogP contribution >= 0.6 is 0 Å². The Morgan fingerprint density at radius 1 is 0.417 bits per heavy atom. The van der Waals surface area contributed by atoms with Crippen molar-refractivity contribution in [3.05, 3.63) is 88.3 Å². The predicted octanol–water partition coefficient (Wildman–Crippen LogP) is 15.2. The van der Waals surface area contributed by atoms with Crippen molar-refractivity contribution in [3.63, 3.8) is 0 Å². The molecule has 0 aliphatic carbocycles. The zero-order valence-electron chi connectivity index (χ0n) is 35.9. The highest BCUT2D eigenvalue weighted by Gasteiger charge is 2.43. The fourth-order valence-electron chi connectivity index (χ4n) is 7.98. The third kappa shape index (κ3) is 15.4. The molecule has 0 aliphatic heterocycles. The third-order valence-corrected chi connectivity index (χ3v) is 11.2. The molecule has 1 atom stereocenters. The first kappa shape index (κ1) is 50.8. The zero-order chi connectivity index (χ0) is 44.1. The van der Waals surface area contributed by atoms with Gasteiger partial charge in [0.1, 0.15) is 23.3 Å². The number of halogens is 9. The summed E-state index contributed by atoms with van der Waals surface area (Å²) >= 11 is 0. The molecule has 0 amide bonds. The fraction of sp³-hybridized carbons (Fsp3) is 0.609. The molecular formula is C46H64BF9NO3+. The number of hydrogen-bond acceptors (Lipinski definition) is 3. The van der Waals surface area contributed by atoms with Crippen LogP contribution in [0.1, 0.15) is 168 Å². The van der Waals surface area contributed by atoms with Crippen molar-refractivity contribution in [2.75, 3.05) is 19.6 Å². The number of rotatable bonds is 31. The number of hydrogen-bond donors (Lipinski definition) is 0. The van der Waals surface area contributed by atoms with E-state index in [1.54, 1.807) is 0 Å². The summed E-state index contributed by atoms with van der Waals surface area (Å²) in [5.74, 6) is -17.3. The summed E-state index contributed by atoms with van der Waals surface area (Å²) < 4.78 is 150. The Balaban J connectivity index is 2.22. The SMILES string of the molecule is CCCCCCCC[N+](CCCCCCCC)(CCCCCCCC)C(CCC)c1c(OB(Oc2cc(F)c(F)c(F)c2)Oc2cc(F)c(F)c(F)c2)cc(F)c(F)c1F. The van der Waals surface area contributed by atoms with Crippen LogP contribution in [0.3, 0.4) is 0 Å². The molecule has 0 saturated heterocycles. The Morgan fingerprint density at radius 2 is 0.767 bits per heavy atom. The lowest BCUT2D eigenvalue weighted by molar-refractivity contribution is -0.958. The van der Waals surface area contributed by atoms with Gasteiger partial charge >= 0.3 is 7.32 Å². The Kier molecular flexibility index (Phi) is 22.6. The van der Waals surface area contributed by atoms with E-state index in [-0.39, 0.29) is 5.56 Å². The largest absolute Gasteiger partial charge is 0.864 e. The van der Waals surface area contributed by atoms with Gasteiger partial charge in [-0.3, -0.25) is 0 Å². The fourth-order valence-corrected chi connectivity index (χ4v) is 7.98. The third-order valence-electron chi connectivity index (χ3n) is 11.2. The van der Waals surface area contributed by atoms with E-state index >= 15 is 13.2 Å². The average Bonchev–Trinajstić information content (AvgIpc) is 3.21. The first-order valence-electron chi connectivity index (χ1n) is 22.1. The summed E-state index contributed by atoms with van der Waals surface area (Å²) in [4.78, 5) is 0. The van der Waals surface area contributed by atoms with Crippen molar-refractivity contribution in [1.82, 2.24) is 0 Å². The molecule has 0 aromatic heterocycles. The van der Waals surface area contributed by atoms with Gasteiger partial charge in [-0.25, -0.2) is 39.5 Å². The number of benzene rings is 3. The molecule has 0 N–H and O–H groups in total. The minimum Gasteiger partial charge on any atom is -0.489 e. The lowest BCUT2D eigenvalue weighted by Crippen LogP contribution is -2.53. The number of nitrogens with zero attached hydrogens (tertiary/aromatic N) is 1.